The van der Waals surface area contributed by atoms with Gasteiger partial charge < -0.3 is 9.84 Å². The summed E-state index contributed by atoms with van der Waals surface area (Å²) in [6.45, 7) is 2.17. The Labute approximate surface area is 72.7 Å². The molecule has 1 fully saturated rings. The Morgan fingerprint density at radius 2 is 2.33 bits per heavy atom. The maximum atomic E-state index is 10.3. The Morgan fingerprint density at radius 3 is 2.75 bits per heavy atom. The van der Waals surface area contributed by atoms with Crippen molar-refractivity contribution in [2.75, 3.05) is 6.61 Å². The van der Waals surface area contributed by atoms with E-state index in [1.54, 1.807) is 6.92 Å². The van der Waals surface area contributed by atoms with Crippen LogP contribution in [0.15, 0.2) is 0 Å². The first-order valence-corrected chi connectivity index (χ1v) is 4.54. The molecule has 3 nitrogen and oxygen atoms in total. The highest BCUT2D eigenvalue weighted by atomic mass is 16.5. The van der Waals surface area contributed by atoms with Crippen molar-refractivity contribution in [3.8, 4) is 0 Å². The first-order valence-electron chi connectivity index (χ1n) is 4.54. The summed E-state index contributed by atoms with van der Waals surface area (Å²) in [4.78, 5) is 10.3. The Hall–Kier alpha value is -0.570. The van der Waals surface area contributed by atoms with Crippen molar-refractivity contribution in [2.24, 2.45) is 5.92 Å². The first-order chi connectivity index (χ1) is 5.70. The Bertz CT molecular complexity index is 152. The van der Waals surface area contributed by atoms with E-state index in [4.69, 9.17) is 9.84 Å². The van der Waals surface area contributed by atoms with Gasteiger partial charge in [0.1, 0.15) is 0 Å². The lowest BCUT2D eigenvalue weighted by molar-refractivity contribution is -0.149. The molecule has 70 valence electrons. The van der Waals surface area contributed by atoms with Gasteiger partial charge in [-0.2, -0.15) is 0 Å². The molecule has 1 aliphatic rings. The molecule has 1 atom stereocenters. The molecule has 1 rings (SSSR count). The van der Waals surface area contributed by atoms with E-state index in [9.17, 15) is 4.79 Å². The van der Waals surface area contributed by atoms with E-state index in [2.05, 4.69) is 0 Å². The van der Waals surface area contributed by atoms with Crippen LogP contribution in [0.25, 0.3) is 0 Å². The van der Waals surface area contributed by atoms with Gasteiger partial charge in [0.05, 0.1) is 0 Å². The average molecular weight is 172 g/mol. The number of carbonyl (C=O) groups is 1. The Balaban J connectivity index is 1.97. The zero-order valence-corrected chi connectivity index (χ0v) is 7.45. The summed E-state index contributed by atoms with van der Waals surface area (Å²) >= 11 is 0. The number of hydrogen-bond donors (Lipinski definition) is 1. The molecule has 0 aromatic rings. The van der Waals surface area contributed by atoms with Gasteiger partial charge in [0, 0.05) is 6.61 Å². The van der Waals surface area contributed by atoms with Crippen LogP contribution in [0.2, 0.25) is 0 Å². The zero-order valence-electron chi connectivity index (χ0n) is 7.45. The second-order valence-electron chi connectivity index (χ2n) is 3.44. The van der Waals surface area contributed by atoms with Crippen LogP contribution in [-0.2, 0) is 9.53 Å². The van der Waals surface area contributed by atoms with Gasteiger partial charge in [0.25, 0.3) is 0 Å². The first kappa shape index (κ1) is 9.52. The number of hydrogen-bond acceptors (Lipinski definition) is 2. The van der Waals surface area contributed by atoms with Crippen LogP contribution >= 0.6 is 0 Å². The number of ether oxygens (including phenoxy) is 1. The van der Waals surface area contributed by atoms with Gasteiger partial charge in [-0.3, -0.25) is 0 Å². The minimum Gasteiger partial charge on any atom is -0.479 e. The highest BCUT2D eigenvalue weighted by Gasteiger charge is 2.18. The van der Waals surface area contributed by atoms with Crippen LogP contribution in [0, 0.1) is 5.92 Å². The van der Waals surface area contributed by atoms with Crippen molar-refractivity contribution in [3.05, 3.63) is 0 Å². The summed E-state index contributed by atoms with van der Waals surface area (Å²) in [5.41, 5.74) is 0. The molecule has 12 heavy (non-hydrogen) atoms. The fraction of sp³-hybridized carbons (Fsp3) is 0.889. The summed E-state index contributed by atoms with van der Waals surface area (Å²) in [5, 5.41) is 8.49. The van der Waals surface area contributed by atoms with E-state index < -0.39 is 12.1 Å². The van der Waals surface area contributed by atoms with Gasteiger partial charge >= 0.3 is 5.97 Å². The molecule has 3 heteroatoms. The lowest BCUT2D eigenvalue weighted by atomic mass is 9.83. The van der Waals surface area contributed by atoms with Gasteiger partial charge in [0.2, 0.25) is 0 Å². The van der Waals surface area contributed by atoms with E-state index in [-0.39, 0.29) is 0 Å². The highest BCUT2D eigenvalue weighted by molar-refractivity contribution is 5.71. The highest BCUT2D eigenvalue weighted by Crippen LogP contribution is 2.29. The van der Waals surface area contributed by atoms with Crippen molar-refractivity contribution >= 4 is 5.97 Å². The molecule has 0 amide bonds. The van der Waals surface area contributed by atoms with Crippen molar-refractivity contribution in [2.45, 2.75) is 38.7 Å². The smallest absolute Gasteiger partial charge is 0.332 e. The molecule has 1 aliphatic carbocycles. The van der Waals surface area contributed by atoms with Crippen LogP contribution in [0.3, 0.4) is 0 Å². The number of aliphatic carboxylic acids is 1. The summed E-state index contributed by atoms with van der Waals surface area (Å²) in [7, 11) is 0. The lowest BCUT2D eigenvalue weighted by Gasteiger charge is -2.25. The summed E-state index contributed by atoms with van der Waals surface area (Å²) in [6, 6.07) is 0. The quantitative estimate of drug-likeness (QED) is 0.686. The standard InChI is InChI=1S/C9H16O3/c1-7(9(10)11)12-6-5-8-3-2-4-8/h7-8H,2-6H2,1H3,(H,10,11)/t7-/m0/s1. The molecule has 0 heterocycles. The van der Waals surface area contributed by atoms with Crippen molar-refractivity contribution in [1.82, 2.24) is 0 Å². The predicted molar refractivity (Wildman–Crippen MR) is 45.0 cm³/mol. The predicted octanol–water partition coefficient (Wildman–Crippen LogP) is 1.67. The molecule has 0 bridgehead atoms. The fourth-order valence-electron chi connectivity index (χ4n) is 1.26. The van der Waals surface area contributed by atoms with E-state index >= 15 is 0 Å². The third-order valence-corrected chi connectivity index (χ3v) is 2.47. The molecule has 0 aromatic heterocycles. The molecular weight excluding hydrogens is 156 g/mol. The normalized spacial score (nSPS) is 20.1. The van der Waals surface area contributed by atoms with Crippen LogP contribution < -0.4 is 0 Å². The molecule has 0 aliphatic heterocycles. The number of rotatable bonds is 5. The molecule has 0 saturated heterocycles. The van der Waals surface area contributed by atoms with Gasteiger partial charge in [-0.15, -0.1) is 0 Å². The van der Waals surface area contributed by atoms with Crippen molar-refractivity contribution in [1.29, 1.82) is 0 Å². The minimum atomic E-state index is -0.872. The third-order valence-electron chi connectivity index (χ3n) is 2.47. The molecule has 0 spiro atoms. The second kappa shape index (κ2) is 4.45. The van der Waals surface area contributed by atoms with Gasteiger partial charge in [0.15, 0.2) is 6.10 Å². The van der Waals surface area contributed by atoms with Gasteiger partial charge in [-0.1, -0.05) is 19.3 Å². The van der Waals surface area contributed by atoms with E-state index in [0.717, 1.165) is 12.3 Å². The van der Waals surface area contributed by atoms with E-state index in [0.29, 0.717) is 6.61 Å². The maximum Gasteiger partial charge on any atom is 0.332 e. The average Bonchev–Trinajstić information content (AvgIpc) is 1.93. The van der Waals surface area contributed by atoms with Crippen molar-refractivity contribution in [3.63, 3.8) is 0 Å². The summed E-state index contributed by atoms with van der Waals surface area (Å²) in [5.74, 6) is -0.0744. The zero-order chi connectivity index (χ0) is 8.97. The Morgan fingerprint density at radius 1 is 1.67 bits per heavy atom. The third kappa shape index (κ3) is 2.81. The number of carboxylic acid groups (broad SMARTS) is 1. The van der Waals surface area contributed by atoms with Crippen LogP contribution in [0.4, 0.5) is 0 Å². The topological polar surface area (TPSA) is 46.5 Å². The minimum absolute atomic E-state index is 0.595. The van der Waals surface area contributed by atoms with Gasteiger partial charge in [-0.05, 0) is 19.3 Å². The summed E-state index contributed by atoms with van der Waals surface area (Å²) in [6.07, 6.45) is 4.30. The molecule has 1 saturated carbocycles. The largest absolute Gasteiger partial charge is 0.479 e. The molecule has 0 radical (unpaired) electrons. The van der Waals surface area contributed by atoms with E-state index in [1.165, 1.54) is 19.3 Å². The monoisotopic (exact) mass is 172 g/mol. The van der Waals surface area contributed by atoms with Crippen LogP contribution in [0.1, 0.15) is 32.6 Å². The summed E-state index contributed by atoms with van der Waals surface area (Å²) < 4.78 is 5.11. The fourth-order valence-corrected chi connectivity index (χ4v) is 1.26. The lowest BCUT2D eigenvalue weighted by Crippen LogP contribution is -2.22. The molecular formula is C9H16O3. The van der Waals surface area contributed by atoms with Gasteiger partial charge in [-0.25, -0.2) is 4.79 Å². The van der Waals surface area contributed by atoms with E-state index in [1.807, 2.05) is 0 Å². The number of carboxylic acids is 1. The maximum absolute atomic E-state index is 10.3. The van der Waals surface area contributed by atoms with Crippen LogP contribution in [-0.4, -0.2) is 23.8 Å². The Kier molecular flexibility index (Phi) is 3.53. The van der Waals surface area contributed by atoms with Crippen molar-refractivity contribution < 1.29 is 14.6 Å². The molecule has 0 aromatic carbocycles. The molecule has 1 N–H and O–H groups in total. The molecule has 0 unspecified atom stereocenters. The second-order valence-corrected chi connectivity index (χ2v) is 3.44. The van der Waals surface area contributed by atoms with Crippen LogP contribution in [0.5, 0.6) is 0 Å². The SMILES string of the molecule is C[C@H](OCCC1CCC1)C(=O)O.